The van der Waals surface area contributed by atoms with E-state index in [0.717, 1.165) is 37.4 Å². The lowest BCUT2D eigenvalue weighted by atomic mass is 10.1. The average Bonchev–Trinajstić information content (AvgIpc) is 3.04. The molecule has 0 spiro atoms. The van der Waals surface area contributed by atoms with Gasteiger partial charge in [0.25, 0.3) is 0 Å². The van der Waals surface area contributed by atoms with Gasteiger partial charge in [-0.25, -0.2) is 4.39 Å². The Morgan fingerprint density at radius 3 is 2.81 bits per heavy atom. The molecule has 0 unspecified atom stereocenters. The predicted molar refractivity (Wildman–Crippen MR) is 65.4 cm³/mol. The highest BCUT2D eigenvalue weighted by molar-refractivity contribution is 6.30. The molecule has 0 amide bonds. The van der Waals surface area contributed by atoms with Crippen LogP contribution < -0.4 is 5.32 Å². The van der Waals surface area contributed by atoms with E-state index in [1.807, 2.05) is 0 Å². The fraction of sp³-hybridized carbons (Fsp3) is 0.538. The fourth-order valence-electron chi connectivity index (χ4n) is 1.76. The topological polar surface area (TPSA) is 12.0 Å². The lowest BCUT2D eigenvalue weighted by Crippen LogP contribution is -2.17. The standard InChI is InChI=1S/C13H17ClFN/c14-11-5-4-10(13(15)9-11)3-1-2-8-16-12-6-7-12/h4-5,9,12,16H,1-3,6-8H2. The molecular formula is C13H17ClFN. The number of aryl methyl sites for hydroxylation is 1. The van der Waals surface area contributed by atoms with E-state index >= 15 is 0 Å². The van der Waals surface area contributed by atoms with Crippen LogP contribution >= 0.6 is 11.6 Å². The molecule has 0 atom stereocenters. The summed E-state index contributed by atoms with van der Waals surface area (Å²) in [5.41, 5.74) is 0.774. The first kappa shape index (κ1) is 11.9. The molecule has 3 heteroatoms. The smallest absolute Gasteiger partial charge is 0.127 e. The van der Waals surface area contributed by atoms with Crippen molar-refractivity contribution in [2.24, 2.45) is 0 Å². The molecule has 0 radical (unpaired) electrons. The summed E-state index contributed by atoms with van der Waals surface area (Å²) in [7, 11) is 0. The molecule has 1 aliphatic rings. The van der Waals surface area contributed by atoms with Crippen molar-refractivity contribution >= 4 is 11.6 Å². The monoisotopic (exact) mass is 241 g/mol. The molecule has 1 aromatic rings. The third-order valence-corrected chi connectivity index (χ3v) is 3.13. The largest absolute Gasteiger partial charge is 0.314 e. The van der Waals surface area contributed by atoms with E-state index in [0.29, 0.717) is 5.02 Å². The van der Waals surface area contributed by atoms with E-state index in [1.54, 1.807) is 12.1 Å². The Morgan fingerprint density at radius 2 is 2.12 bits per heavy atom. The van der Waals surface area contributed by atoms with Crippen molar-refractivity contribution in [3.8, 4) is 0 Å². The van der Waals surface area contributed by atoms with Gasteiger partial charge in [-0.05, 0) is 56.3 Å². The van der Waals surface area contributed by atoms with Gasteiger partial charge >= 0.3 is 0 Å². The van der Waals surface area contributed by atoms with Crippen LogP contribution in [0.15, 0.2) is 18.2 Å². The van der Waals surface area contributed by atoms with Gasteiger partial charge in [0.05, 0.1) is 0 Å². The normalized spacial score (nSPS) is 15.4. The van der Waals surface area contributed by atoms with Gasteiger partial charge in [-0.15, -0.1) is 0 Å². The summed E-state index contributed by atoms with van der Waals surface area (Å²) in [4.78, 5) is 0. The SMILES string of the molecule is Fc1cc(Cl)ccc1CCCCNC1CC1. The highest BCUT2D eigenvalue weighted by Crippen LogP contribution is 2.19. The zero-order valence-electron chi connectivity index (χ0n) is 9.31. The van der Waals surface area contributed by atoms with Gasteiger partial charge in [-0.3, -0.25) is 0 Å². The van der Waals surface area contributed by atoms with E-state index in [9.17, 15) is 4.39 Å². The van der Waals surface area contributed by atoms with Gasteiger partial charge in [0, 0.05) is 11.1 Å². The summed E-state index contributed by atoms with van der Waals surface area (Å²) in [5, 5.41) is 3.92. The molecule has 1 fully saturated rings. The van der Waals surface area contributed by atoms with E-state index in [1.165, 1.54) is 18.9 Å². The number of rotatable bonds is 6. The van der Waals surface area contributed by atoms with Crippen LogP contribution in [0.25, 0.3) is 0 Å². The molecule has 88 valence electrons. The van der Waals surface area contributed by atoms with Crippen molar-refractivity contribution < 1.29 is 4.39 Å². The maximum Gasteiger partial charge on any atom is 0.127 e. The van der Waals surface area contributed by atoms with Crippen LogP contribution in [-0.4, -0.2) is 12.6 Å². The molecule has 0 aliphatic heterocycles. The van der Waals surface area contributed by atoms with Crippen LogP contribution in [0, 0.1) is 5.82 Å². The number of nitrogens with one attached hydrogen (secondary N) is 1. The third-order valence-electron chi connectivity index (χ3n) is 2.90. The molecule has 1 aromatic carbocycles. The molecule has 1 saturated carbocycles. The second-order valence-corrected chi connectivity index (χ2v) is 4.86. The Labute approximate surface area is 101 Å². The van der Waals surface area contributed by atoms with Crippen molar-refractivity contribution in [2.75, 3.05) is 6.54 Å². The number of hydrogen-bond donors (Lipinski definition) is 1. The van der Waals surface area contributed by atoms with E-state index in [-0.39, 0.29) is 5.82 Å². The first-order valence-electron chi connectivity index (χ1n) is 5.93. The molecule has 16 heavy (non-hydrogen) atoms. The van der Waals surface area contributed by atoms with Crippen molar-refractivity contribution in [1.29, 1.82) is 0 Å². The first-order chi connectivity index (χ1) is 7.75. The van der Waals surface area contributed by atoms with Crippen LogP contribution in [0.4, 0.5) is 4.39 Å². The van der Waals surface area contributed by atoms with Crippen LogP contribution in [0.5, 0.6) is 0 Å². The van der Waals surface area contributed by atoms with Crippen molar-refractivity contribution in [1.82, 2.24) is 5.32 Å². The van der Waals surface area contributed by atoms with Crippen LogP contribution in [0.3, 0.4) is 0 Å². The molecule has 0 heterocycles. The highest BCUT2D eigenvalue weighted by Gasteiger charge is 2.19. The zero-order chi connectivity index (χ0) is 11.4. The van der Waals surface area contributed by atoms with Gasteiger partial charge in [0.2, 0.25) is 0 Å². The van der Waals surface area contributed by atoms with Gasteiger partial charge in [-0.1, -0.05) is 17.7 Å². The van der Waals surface area contributed by atoms with Crippen LogP contribution in [0.1, 0.15) is 31.2 Å². The van der Waals surface area contributed by atoms with Crippen LogP contribution in [0.2, 0.25) is 5.02 Å². The van der Waals surface area contributed by atoms with Gasteiger partial charge in [0.1, 0.15) is 5.82 Å². The number of benzene rings is 1. The minimum absolute atomic E-state index is 0.178. The second-order valence-electron chi connectivity index (χ2n) is 4.42. The number of halogens is 2. The Balaban J connectivity index is 1.67. The minimum Gasteiger partial charge on any atom is -0.314 e. The Bertz CT molecular complexity index is 350. The minimum atomic E-state index is -0.178. The molecular weight excluding hydrogens is 225 g/mol. The molecule has 1 aliphatic carbocycles. The molecule has 0 bridgehead atoms. The number of hydrogen-bond acceptors (Lipinski definition) is 1. The summed E-state index contributed by atoms with van der Waals surface area (Å²) in [6.07, 6.45) is 5.59. The molecule has 0 saturated heterocycles. The van der Waals surface area contributed by atoms with E-state index in [4.69, 9.17) is 11.6 Å². The average molecular weight is 242 g/mol. The number of unbranched alkanes of at least 4 members (excludes halogenated alkanes) is 1. The molecule has 2 rings (SSSR count). The molecule has 1 nitrogen and oxygen atoms in total. The molecule has 0 aromatic heterocycles. The van der Waals surface area contributed by atoms with E-state index in [2.05, 4.69) is 5.32 Å². The first-order valence-corrected chi connectivity index (χ1v) is 6.31. The second kappa shape index (κ2) is 5.65. The summed E-state index contributed by atoms with van der Waals surface area (Å²) < 4.78 is 13.4. The summed E-state index contributed by atoms with van der Waals surface area (Å²) in [6, 6.07) is 5.69. The van der Waals surface area contributed by atoms with Gasteiger partial charge in [-0.2, -0.15) is 0 Å². The Kier molecular flexibility index (Phi) is 4.19. The van der Waals surface area contributed by atoms with Gasteiger partial charge in [0.15, 0.2) is 0 Å². The lowest BCUT2D eigenvalue weighted by Gasteiger charge is -2.04. The van der Waals surface area contributed by atoms with E-state index < -0.39 is 0 Å². The fourth-order valence-corrected chi connectivity index (χ4v) is 1.92. The van der Waals surface area contributed by atoms with Crippen LogP contribution in [-0.2, 0) is 6.42 Å². The summed E-state index contributed by atoms with van der Waals surface area (Å²) in [6.45, 7) is 1.06. The summed E-state index contributed by atoms with van der Waals surface area (Å²) in [5.74, 6) is -0.178. The molecule has 1 N–H and O–H groups in total. The van der Waals surface area contributed by atoms with Crippen molar-refractivity contribution in [3.05, 3.63) is 34.6 Å². The van der Waals surface area contributed by atoms with Crippen molar-refractivity contribution in [2.45, 2.75) is 38.1 Å². The third kappa shape index (κ3) is 3.76. The maximum atomic E-state index is 13.4. The summed E-state index contributed by atoms with van der Waals surface area (Å²) >= 11 is 5.69. The predicted octanol–water partition coefficient (Wildman–Crippen LogP) is 3.55. The quantitative estimate of drug-likeness (QED) is 0.751. The maximum absolute atomic E-state index is 13.4. The van der Waals surface area contributed by atoms with Gasteiger partial charge < -0.3 is 5.32 Å². The van der Waals surface area contributed by atoms with Crippen molar-refractivity contribution in [3.63, 3.8) is 0 Å². The highest BCUT2D eigenvalue weighted by atomic mass is 35.5. The Hall–Kier alpha value is -0.600. The lowest BCUT2D eigenvalue weighted by molar-refractivity contribution is 0.586. The zero-order valence-corrected chi connectivity index (χ0v) is 10.1. The Morgan fingerprint density at radius 1 is 1.31 bits per heavy atom.